The van der Waals surface area contributed by atoms with Gasteiger partial charge in [-0.3, -0.25) is 14.7 Å². The minimum atomic E-state index is -1.01. The molecule has 0 radical (unpaired) electrons. The molecule has 1 saturated carbocycles. The lowest BCUT2D eigenvalue weighted by molar-refractivity contribution is -0.137. The van der Waals surface area contributed by atoms with Gasteiger partial charge in [0.1, 0.15) is 12.2 Å². The number of aromatic amines is 1. The normalized spacial score (nSPS) is 14.7. The molecule has 0 atom stereocenters. The van der Waals surface area contributed by atoms with Gasteiger partial charge in [-0.1, -0.05) is 13.8 Å². The molecule has 104 valence electrons. The standard InChI is InChI=1S/C13H19N3O3/c1-8(2)6-16(7-12(17)18)13(19)11-5-10(14-15-11)9-3-4-9/h5,8-9H,3-4,6-7H2,1-2H3,(H,14,15)(H,17,18). The van der Waals surface area contributed by atoms with E-state index in [1.807, 2.05) is 13.8 Å². The van der Waals surface area contributed by atoms with E-state index >= 15 is 0 Å². The number of carbonyl (C=O) groups excluding carboxylic acids is 1. The first-order chi connectivity index (χ1) is 8.97. The summed E-state index contributed by atoms with van der Waals surface area (Å²) in [5.74, 6) is -0.622. The third kappa shape index (κ3) is 3.56. The molecule has 1 fully saturated rings. The number of hydrogen-bond acceptors (Lipinski definition) is 3. The van der Waals surface area contributed by atoms with Crippen LogP contribution in [0.15, 0.2) is 6.07 Å². The lowest BCUT2D eigenvalue weighted by Gasteiger charge is -2.21. The van der Waals surface area contributed by atoms with Crippen LogP contribution in [-0.4, -0.2) is 45.2 Å². The molecule has 1 aliphatic carbocycles. The Balaban J connectivity index is 2.09. The maximum atomic E-state index is 12.3. The summed E-state index contributed by atoms with van der Waals surface area (Å²) >= 11 is 0. The van der Waals surface area contributed by atoms with Gasteiger partial charge in [0.05, 0.1) is 0 Å². The summed E-state index contributed by atoms with van der Waals surface area (Å²) in [6.45, 7) is 4.02. The van der Waals surface area contributed by atoms with Crippen molar-refractivity contribution in [2.24, 2.45) is 5.92 Å². The van der Waals surface area contributed by atoms with Crippen LogP contribution in [0.1, 0.15) is 48.8 Å². The summed E-state index contributed by atoms with van der Waals surface area (Å²) in [5, 5.41) is 15.7. The molecule has 1 heterocycles. The Labute approximate surface area is 111 Å². The topological polar surface area (TPSA) is 86.3 Å². The van der Waals surface area contributed by atoms with Crippen molar-refractivity contribution in [2.75, 3.05) is 13.1 Å². The van der Waals surface area contributed by atoms with Gasteiger partial charge >= 0.3 is 5.97 Å². The number of amides is 1. The molecule has 0 bridgehead atoms. The average molecular weight is 265 g/mol. The molecule has 0 aliphatic heterocycles. The molecule has 19 heavy (non-hydrogen) atoms. The summed E-state index contributed by atoms with van der Waals surface area (Å²) in [6.07, 6.45) is 2.25. The van der Waals surface area contributed by atoms with Gasteiger partial charge in [0, 0.05) is 18.2 Å². The van der Waals surface area contributed by atoms with E-state index in [1.54, 1.807) is 6.07 Å². The van der Waals surface area contributed by atoms with Crippen LogP contribution < -0.4 is 0 Å². The summed E-state index contributed by atoms with van der Waals surface area (Å²) in [4.78, 5) is 24.4. The third-order valence-electron chi connectivity index (χ3n) is 3.03. The highest BCUT2D eigenvalue weighted by Gasteiger charge is 2.28. The van der Waals surface area contributed by atoms with Crippen LogP contribution in [0.25, 0.3) is 0 Å². The zero-order valence-corrected chi connectivity index (χ0v) is 11.2. The van der Waals surface area contributed by atoms with E-state index in [0.717, 1.165) is 18.5 Å². The van der Waals surface area contributed by atoms with E-state index in [9.17, 15) is 9.59 Å². The SMILES string of the molecule is CC(C)CN(CC(=O)O)C(=O)c1cc(C2CC2)[nH]n1. The van der Waals surface area contributed by atoms with E-state index in [1.165, 1.54) is 4.90 Å². The quantitative estimate of drug-likeness (QED) is 0.815. The van der Waals surface area contributed by atoms with Gasteiger partial charge in [-0.05, 0) is 24.8 Å². The van der Waals surface area contributed by atoms with E-state index in [-0.39, 0.29) is 18.4 Å². The van der Waals surface area contributed by atoms with Crippen molar-refractivity contribution in [1.29, 1.82) is 0 Å². The van der Waals surface area contributed by atoms with Gasteiger partial charge in [0.2, 0.25) is 0 Å². The lowest BCUT2D eigenvalue weighted by Crippen LogP contribution is -2.38. The van der Waals surface area contributed by atoms with Crippen LogP contribution in [0.5, 0.6) is 0 Å². The molecular weight excluding hydrogens is 246 g/mol. The number of carbonyl (C=O) groups is 2. The fourth-order valence-corrected chi connectivity index (χ4v) is 2.03. The minimum Gasteiger partial charge on any atom is -0.480 e. The number of hydrogen-bond donors (Lipinski definition) is 2. The van der Waals surface area contributed by atoms with E-state index in [2.05, 4.69) is 10.2 Å². The highest BCUT2D eigenvalue weighted by molar-refractivity contribution is 5.94. The number of aromatic nitrogens is 2. The predicted octanol–water partition coefficient (Wildman–Crippen LogP) is 1.47. The van der Waals surface area contributed by atoms with E-state index in [0.29, 0.717) is 18.2 Å². The molecule has 1 amide bonds. The summed E-state index contributed by atoms with van der Waals surface area (Å²) in [5.41, 5.74) is 1.28. The largest absolute Gasteiger partial charge is 0.480 e. The Morgan fingerprint density at radius 3 is 2.74 bits per heavy atom. The molecule has 0 spiro atoms. The zero-order valence-electron chi connectivity index (χ0n) is 11.2. The molecule has 1 aromatic heterocycles. The van der Waals surface area contributed by atoms with Crippen molar-refractivity contribution in [1.82, 2.24) is 15.1 Å². The number of carboxylic acids is 1. The van der Waals surface area contributed by atoms with Crippen molar-refractivity contribution in [3.05, 3.63) is 17.5 Å². The van der Waals surface area contributed by atoms with Gasteiger partial charge in [0.25, 0.3) is 5.91 Å². The van der Waals surface area contributed by atoms with Gasteiger partial charge in [0.15, 0.2) is 0 Å². The Morgan fingerprint density at radius 1 is 1.53 bits per heavy atom. The van der Waals surface area contributed by atoms with Crippen molar-refractivity contribution >= 4 is 11.9 Å². The molecule has 2 N–H and O–H groups in total. The highest BCUT2D eigenvalue weighted by Crippen LogP contribution is 2.39. The number of rotatable bonds is 6. The zero-order chi connectivity index (χ0) is 14.0. The van der Waals surface area contributed by atoms with Crippen molar-refractivity contribution in [2.45, 2.75) is 32.6 Å². The first kappa shape index (κ1) is 13.6. The van der Waals surface area contributed by atoms with E-state index < -0.39 is 5.97 Å². The highest BCUT2D eigenvalue weighted by atomic mass is 16.4. The van der Waals surface area contributed by atoms with Crippen LogP contribution >= 0.6 is 0 Å². The van der Waals surface area contributed by atoms with E-state index in [4.69, 9.17) is 5.11 Å². The minimum absolute atomic E-state index is 0.213. The van der Waals surface area contributed by atoms with Crippen molar-refractivity contribution in [3.8, 4) is 0 Å². The lowest BCUT2D eigenvalue weighted by atomic mass is 10.2. The average Bonchev–Trinajstić information content (AvgIpc) is 3.04. The maximum Gasteiger partial charge on any atom is 0.323 e. The molecule has 0 unspecified atom stereocenters. The van der Waals surface area contributed by atoms with Gasteiger partial charge in [-0.15, -0.1) is 0 Å². The maximum absolute atomic E-state index is 12.3. The number of carboxylic acid groups (broad SMARTS) is 1. The van der Waals surface area contributed by atoms with Crippen molar-refractivity contribution in [3.63, 3.8) is 0 Å². The number of H-pyrrole nitrogens is 1. The van der Waals surface area contributed by atoms with Gasteiger partial charge in [-0.25, -0.2) is 0 Å². The molecule has 0 saturated heterocycles. The molecule has 6 heteroatoms. The second-order valence-electron chi connectivity index (χ2n) is 5.46. The fraction of sp³-hybridized carbons (Fsp3) is 0.615. The van der Waals surface area contributed by atoms with Gasteiger partial charge < -0.3 is 10.0 Å². The molecule has 0 aromatic carbocycles. The van der Waals surface area contributed by atoms with Crippen LogP contribution in [0.2, 0.25) is 0 Å². The molecule has 1 aliphatic rings. The number of aliphatic carboxylic acids is 1. The van der Waals surface area contributed by atoms with Crippen molar-refractivity contribution < 1.29 is 14.7 Å². The number of nitrogens with zero attached hydrogens (tertiary/aromatic N) is 2. The Bertz CT molecular complexity index is 477. The second-order valence-corrected chi connectivity index (χ2v) is 5.46. The molecule has 1 aromatic rings. The first-order valence-corrected chi connectivity index (χ1v) is 6.53. The predicted molar refractivity (Wildman–Crippen MR) is 68.9 cm³/mol. The summed E-state index contributed by atoms with van der Waals surface area (Å²) in [7, 11) is 0. The molecule has 6 nitrogen and oxygen atoms in total. The molecular formula is C13H19N3O3. The van der Waals surface area contributed by atoms with Crippen LogP contribution in [-0.2, 0) is 4.79 Å². The first-order valence-electron chi connectivity index (χ1n) is 6.53. The monoisotopic (exact) mass is 265 g/mol. The second kappa shape index (κ2) is 5.42. The molecule has 2 rings (SSSR count). The smallest absolute Gasteiger partial charge is 0.323 e. The Hall–Kier alpha value is -1.85. The summed E-state index contributed by atoms with van der Waals surface area (Å²) < 4.78 is 0. The summed E-state index contributed by atoms with van der Waals surface area (Å²) in [6, 6.07) is 1.75. The Kier molecular flexibility index (Phi) is 3.87. The Morgan fingerprint density at radius 2 is 2.21 bits per heavy atom. The fourth-order valence-electron chi connectivity index (χ4n) is 2.03. The number of nitrogens with one attached hydrogen (secondary N) is 1. The third-order valence-corrected chi connectivity index (χ3v) is 3.03. The van der Waals surface area contributed by atoms with Crippen LogP contribution in [0, 0.1) is 5.92 Å². The van der Waals surface area contributed by atoms with Crippen LogP contribution in [0.3, 0.4) is 0 Å². The van der Waals surface area contributed by atoms with Gasteiger partial charge in [-0.2, -0.15) is 5.10 Å². The van der Waals surface area contributed by atoms with Crippen LogP contribution in [0.4, 0.5) is 0 Å².